The van der Waals surface area contributed by atoms with Gasteiger partial charge in [-0.3, -0.25) is 0 Å². The maximum Gasteiger partial charge on any atom is 0.294 e. The van der Waals surface area contributed by atoms with Crippen molar-refractivity contribution < 1.29 is 9.30 Å². The molecule has 1 aliphatic carbocycles. The zero-order valence-corrected chi connectivity index (χ0v) is 17.0. The van der Waals surface area contributed by atoms with Crippen molar-refractivity contribution in [1.82, 2.24) is 4.98 Å². The second-order valence-electron chi connectivity index (χ2n) is 8.62. The van der Waals surface area contributed by atoms with Crippen LogP contribution in [0.1, 0.15) is 49.1 Å². The Morgan fingerprint density at radius 3 is 2.72 bits per heavy atom. The van der Waals surface area contributed by atoms with Crippen molar-refractivity contribution in [3.05, 3.63) is 59.7 Å². The third kappa shape index (κ3) is 2.50. The molecule has 2 aliphatic rings. The van der Waals surface area contributed by atoms with Gasteiger partial charge in [0.2, 0.25) is 5.52 Å². The number of hydrogen-bond donors (Lipinski definition) is 0. The standard InChI is InChI=1S/C26H25N2O/c1-16-11-12-18-9-6-10-22-24(18)23(16)25-26(29-22)27-20-15-19(13-14-21(20)28(25)2)17-7-4-3-5-8-17/h6,9-15,17H,3-5,7-8H2,1-2H3/q+1. The number of fused-ring (bicyclic) bond motifs is 3. The molecular formula is C26H25N2O+. The molecule has 144 valence electrons. The Morgan fingerprint density at radius 1 is 1.00 bits per heavy atom. The molecule has 4 aromatic rings. The lowest BCUT2D eigenvalue weighted by molar-refractivity contribution is -0.634. The van der Waals surface area contributed by atoms with Crippen molar-refractivity contribution in [3.8, 4) is 22.9 Å². The molecule has 2 heterocycles. The number of aryl methyl sites for hydroxylation is 2. The number of aromatic nitrogens is 2. The molecule has 0 amide bonds. The summed E-state index contributed by atoms with van der Waals surface area (Å²) in [6, 6.07) is 17.5. The SMILES string of the molecule is Cc1ccc2cccc3c2c1-c1c(nc2cc(C4CCCCC4)ccc2[n+]1C)O3. The largest absolute Gasteiger partial charge is 0.433 e. The minimum atomic E-state index is 0.675. The molecule has 0 saturated heterocycles. The molecule has 1 fully saturated rings. The first-order chi connectivity index (χ1) is 14.2. The zero-order chi connectivity index (χ0) is 19.5. The first kappa shape index (κ1) is 17.0. The van der Waals surface area contributed by atoms with Gasteiger partial charge in [0.15, 0.2) is 0 Å². The molecule has 3 heteroatoms. The molecule has 6 rings (SSSR count). The molecule has 0 spiro atoms. The third-order valence-electron chi connectivity index (χ3n) is 6.86. The van der Waals surface area contributed by atoms with E-state index in [1.54, 1.807) is 0 Å². The smallest absolute Gasteiger partial charge is 0.294 e. The number of benzene rings is 3. The van der Waals surface area contributed by atoms with Crippen LogP contribution in [0.25, 0.3) is 33.1 Å². The van der Waals surface area contributed by atoms with Crippen LogP contribution in [0.15, 0.2) is 48.5 Å². The number of nitrogens with zero attached hydrogens (tertiary/aromatic N) is 2. The maximum absolute atomic E-state index is 6.35. The molecule has 0 radical (unpaired) electrons. The van der Waals surface area contributed by atoms with E-state index >= 15 is 0 Å². The first-order valence-corrected chi connectivity index (χ1v) is 10.7. The molecule has 0 atom stereocenters. The summed E-state index contributed by atoms with van der Waals surface area (Å²) in [5.41, 5.74) is 7.18. The summed E-state index contributed by atoms with van der Waals surface area (Å²) in [6.07, 6.45) is 6.67. The van der Waals surface area contributed by atoms with Crippen LogP contribution in [-0.4, -0.2) is 4.98 Å². The normalized spacial score (nSPS) is 16.1. The van der Waals surface area contributed by atoms with Crippen LogP contribution in [0.4, 0.5) is 0 Å². The van der Waals surface area contributed by atoms with Gasteiger partial charge in [0.1, 0.15) is 18.3 Å². The van der Waals surface area contributed by atoms with Gasteiger partial charge in [0.25, 0.3) is 11.6 Å². The van der Waals surface area contributed by atoms with E-state index in [1.807, 2.05) is 0 Å². The molecule has 3 aromatic carbocycles. The number of hydrogen-bond acceptors (Lipinski definition) is 2. The molecule has 1 aliphatic heterocycles. The van der Waals surface area contributed by atoms with E-state index in [0.29, 0.717) is 5.92 Å². The van der Waals surface area contributed by atoms with E-state index in [-0.39, 0.29) is 0 Å². The summed E-state index contributed by atoms with van der Waals surface area (Å²) in [5, 5.41) is 2.40. The summed E-state index contributed by atoms with van der Waals surface area (Å²) >= 11 is 0. The van der Waals surface area contributed by atoms with Crippen LogP contribution in [-0.2, 0) is 7.05 Å². The topological polar surface area (TPSA) is 26.0 Å². The lowest BCUT2D eigenvalue weighted by Crippen LogP contribution is -2.34. The molecule has 29 heavy (non-hydrogen) atoms. The van der Waals surface area contributed by atoms with Crippen molar-refractivity contribution in [3.63, 3.8) is 0 Å². The second kappa shape index (κ2) is 6.28. The quantitative estimate of drug-likeness (QED) is 0.317. The van der Waals surface area contributed by atoms with Gasteiger partial charge in [-0.25, -0.2) is 4.98 Å². The molecule has 1 saturated carbocycles. The first-order valence-electron chi connectivity index (χ1n) is 10.7. The zero-order valence-electron chi connectivity index (χ0n) is 17.0. The Bertz CT molecular complexity index is 1290. The highest BCUT2D eigenvalue weighted by molar-refractivity contribution is 6.03. The van der Waals surface area contributed by atoms with Gasteiger partial charge in [-0.15, -0.1) is 0 Å². The monoisotopic (exact) mass is 381 g/mol. The Balaban J connectivity index is 1.60. The predicted octanol–water partition coefficient (Wildman–Crippen LogP) is 6.34. The highest BCUT2D eigenvalue weighted by Gasteiger charge is 2.32. The average Bonchev–Trinajstić information content (AvgIpc) is 2.76. The van der Waals surface area contributed by atoms with Crippen LogP contribution in [0.3, 0.4) is 0 Å². The van der Waals surface area contributed by atoms with Crippen LogP contribution >= 0.6 is 0 Å². The van der Waals surface area contributed by atoms with E-state index in [2.05, 4.69) is 67.1 Å². The van der Waals surface area contributed by atoms with Crippen molar-refractivity contribution >= 4 is 21.8 Å². The lowest BCUT2D eigenvalue weighted by Gasteiger charge is -2.22. The maximum atomic E-state index is 6.35. The second-order valence-corrected chi connectivity index (χ2v) is 8.62. The van der Waals surface area contributed by atoms with Gasteiger partial charge in [0, 0.05) is 11.5 Å². The van der Waals surface area contributed by atoms with Crippen molar-refractivity contribution in [2.45, 2.75) is 44.9 Å². The number of ether oxygens (including phenoxy) is 1. The fourth-order valence-corrected chi connectivity index (χ4v) is 5.32. The highest BCUT2D eigenvalue weighted by atomic mass is 16.5. The van der Waals surface area contributed by atoms with Crippen LogP contribution in [0.2, 0.25) is 0 Å². The summed E-state index contributed by atoms with van der Waals surface area (Å²) in [5.74, 6) is 2.30. The molecule has 1 aromatic heterocycles. The van der Waals surface area contributed by atoms with Gasteiger partial charge >= 0.3 is 0 Å². The summed E-state index contributed by atoms with van der Waals surface area (Å²) in [4.78, 5) is 5.02. The Hall–Kier alpha value is -2.94. The fourth-order valence-electron chi connectivity index (χ4n) is 5.32. The summed E-state index contributed by atoms with van der Waals surface area (Å²) in [6.45, 7) is 2.18. The van der Waals surface area contributed by atoms with E-state index < -0.39 is 0 Å². The molecule has 3 nitrogen and oxygen atoms in total. The van der Waals surface area contributed by atoms with Gasteiger partial charge in [-0.05, 0) is 54.3 Å². The third-order valence-corrected chi connectivity index (χ3v) is 6.86. The van der Waals surface area contributed by atoms with Gasteiger partial charge < -0.3 is 4.74 Å². The van der Waals surface area contributed by atoms with Crippen molar-refractivity contribution in [2.75, 3.05) is 0 Å². The Labute approximate surface area is 171 Å². The molecule has 0 N–H and O–H groups in total. The lowest BCUT2D eigenvalue weighted by atomic mass is 9.84. The van der Waals surface area contributed by atoms with E-state index in [4.69, 9.17) is 9.72 Å². The minimum absolute atomic E-state index is 0.675. The van der Waals surface area contributed by atoms with E-state index in [9.17, 15) is 0 Å². The van der Waals surface area contributed by atoms with Crippen LogP contribution in [0, 0.1) is 6.92 Å². The highest BCUT2D eigenvalue weighted by Crippen LogP contribution is 2.46. The fraction of sp³-hybridized carbons (Fsp3) is 0.308. The average molecular weight is 381 g/mol. The van der Waals surface area contributed by atoms with Crippen LogP contribution < -0.4 is 9.30 Å². The van der Waals surface area contributed by atoms with E-state index in [0.717, 1.165) is 28.4 Å². The Morgan fingerprint density at radius 2 is 1.86 bits per heavy atom. The van der Waals surface area contributed by atoms with Crippen LogP contribution in [0.5, 0.6) is 11.6 Å². The molecule has 0 unspecified atom stereocenters. The molecule has 0 bridgehead atoms. The summed E-state index contributed by atoms with van der Waals surface area (Å²) < 4.78 is 8.61. The Kier molecular flexibility index (Phi) is 3.67. The van der Waals surface area contributed by atoms with E-state index in [1.165, 1.54) is 59.6 Å². The van der Waals surface area contributed by atoms with Gasteiger partial charge in [-0.1, -0.05) is 49.6 Å². The van der Waals surface area contributed by atoms with Crippen molar-refractivity contribution in [1.29, 1.82) is 0 Å². The van der Waals surface area contributed by atoms with Gasteiger partial charge in [-0.2, -0.15) is 4.57 Å². The molecular weight excluding hydrogens is 356 g/mol. The predicted molar refractivity (Wildman–Crippen MR) is 116 cm³/mol. The van der Waals surface area contributed by atoms with Gasteiger partial charge in [0.05, 0.1) is 5.56 Å². The minimum Gasteiger partial charge on any atom is -0.433 e. The van der Waals surface area contributed by atoms with Crippen molar-refractivity contribution in [2.24, 2.45) is 7.05 Å². The summed E-state index contributed by atoms with van der Waals surface area (Å²) in [7, 11) is 2.14. The number of rotatable bonds is 1.